The van der Waals surface area contributed by atoms with Crippen LogP contribution in [0.3, 0.4) is 0 Å². The SMILES string of the molecule is COc1cccc(CC(=O)N2CCCC2CCCCl)c1. The predicted molar refractivity (Wildman–Crippen MR) is 81.4 cm³/mol. The summed E-state index contributed by atoms with van der Waals surface area (Å²) in [6, 6.07) is 8.11. The van der Waals surface area contributed by atoms with Crippen molar-refractivity contribution in [3.63, 3.8) is 0 Å². The van der Waals surface area contributed by atoms with Gasteiger partial charge in [-0.05, 0) is 43.4 Å². The van der Waals surface area contributed by atoms with Crippen LogP contribution in [0.5, 0.6) is 5.75 Å². The highest BCUT2D eigenvalue weighted by Crippen LogP contribution is 2.23. The van der Waals surface area contributed by atoms with Gasteiger partial charge in [-0.25, -0.2) is 0 Å². The largest absolute Gasteiger partial charge is 0.497 e. The molecule has 1 aliphatic heterocycles. The molecular weight excluding hydrogens is 274 g/mol. The number of hydrogen-bond donors (Lipinski definition) is 0. The number of likely N-dealkylation sites (tertiary alicyclic amines) is 1. The maximum Gasteiger partial charge on any atom is 0.227 e. The molecule has 0 saturated carbocycles. The molecule has 1 aliphatic rings. The van der Waals surface area contributed by atoms with Crippen LogP contribution in [-0.2, 0) is 11.2 Å². The zero-order chi connectivity index (χ0) is 14.4. The van der Waals surface area contributed by atoms with Crippen molar-refractivity contribution in [3.05, 3.63) is 29.8 Å². The molecule has 0 radical (unpaired) electrons. The van der Waals surface area contributed by atoms with Gasteiger partial charge in [0, 0.05) is 18.5 Å². The Morgan fingerprint density at radius 3 is 3.10 bits per heavy atom. The molecule has 0 N–H and O–H groups in total. The van der Waals surface area contributed by atoms with Crippen LogP contribution in [0.15, 0.2) is 24.3 Å². The van der Waals surface area contributed by atoms with Crippen molar-refractivity contribution in [1.29, 1.82) is 0 Å². The lowest BCUT2D eigenvalue weighted by Gasteiger charge is -2.24. The lowest BCUT2D eigenvalue weighted by atomic mass is 10.1. The van der Waals surface area contributed by atoms with E-state index in [0.29, 0.717) is 18.3 Å². The fourth-order valence-corrected chi connectivity index (χ4v) is 2.99. The third-order valence-corrected chi connectivity index (χ3v) is 4.13. The number of carbonyl (C=O) groups is 1. The van der Waals surface area contributed by atoms with Gasteiger partial charge in [-0.1, -0.05) is 12.1 Å². The summed E-state index contributed by atoms with van der Waals surface area (Å²) >= 11 is 5.75. The number of amides is 1. The standard InChI is InChI=1S/C16H22ClNO2/c1-20-15-8-2-5-13(11-15)12-16(19)18-10-4-7-14(18)6-3-9-17/h2,5,8,11,14H,3-4,6-7,9-10,12H2,1H3. The Morgan fingerprint density at radius 2 is 2.35 bits per heavy atom. The monoisotopic (exact) mass is 295 g/mol. The van der Waals surface area contributed by atoms with E-state index >= 15 is 0 Å². The summed E-state index contributed by atoms with van der Waals surface area (Å²) in [5.41, 5.74) is 1.01. The van der Waals surface area contributed by atoms with E-state index in [1.165, 1.54) is 0 Å². The van der Waals surface area contributed by atoms with E-state index in [1.54, 1.807) is 7.11 Å². The Balaban J connectivity index is 1.96. The number of methoxy groups -OCH3 is 1. The summed E-state index contributed by atoms with van der Waals surface area (Å²) in [6.07, 6.45) is 4.68. The van der Waals surface area contributed by atoms with Gasteiger partial charge in [-0.2, -0.15) is 0 Å². The van der Waals surface area contributed by atoms with E-state index in [4.69, 9.17) is 16.3 Å². The molecule has 1 saturated heterocycles. The first-order valence-corrected chi connectivity index (χ1v) is 7.76. The number of nitrogens with zero attached hydrogens (tertiary/aromatic N) is 1. The van der Waals surface area contributed by atoms with E-state index in [2.05, 4.69) is 0 Å². The van der Waals surface area contributed by atoms with Crippen LogP contribution in [0, 0.1) is 0 Å². The smallest absolute Gasteiger partial charge is 0.227 e. The minimum Gasteiger partial charge on any atom is -0.497 e. The normalized spacial score (nSPS) is 18.3. The molecule has 1 unspecified atom stereocenters. The maximum atomic E-state index is 12.4. The van der Waals surface area contributed by atoms with E-state index in [1.807, 2.05) is 29.2 Å². The molecule has 1 aromatic rings. The van der Waals surface area contributed by atoms with Crippen molar-refractivity contribution in [2.75, 3.05) is 19.5 Å². The van der Waals surface area contributed by atoms with Crippen molar-refractivity contribution in [1.82, 2.24) is 4.90 Å². The second-order valence-corrected chi connectivity index (χ2v) is 5.62. The zero-order valence-electron chi connectivity index (χ0n) is 12.0. The highest BCUT2D eigenvalue weighted by Gasteiger charge is 2.27. The number of halogens is 1. The van der Waals surface area contributed by atoms with Crippen molar-refractivity contribution in [2.45, 2.75) is 38.1 Å². The van der Waals surface area contributed by atoms with Gasteiger partial charge in [0.15, 0.2) is 0 Å². The summed E-state index contributed by atoms with van der Waals surface area (Å²) in [6.45, 7) is 0.885. The lowest BCUT2D eigenvalue weighted by Crippen LogP contribution is -2.36. The fraction of sp³-hybridized carbons (Fsp3) is 0.562. The van der Waals surface area contributed by atoms with E-state index in [-0.39, 0.29) is 5.91 Å². The van der Waals surface area contributed by atoms with Gasteiger partial charge in [-0.15, -0.1) is 11.6 Å². The highest BCUT2D eigenvalue weighted by atomic mass is 35.5. The van der Waals surface area contributed by atoms with Crippen LogP contribution in [0.4, 0.5) is 0 Å². The van der Waals surface area contributed by atoms with Crippen LogP contribution in [0.1, 0.15) is 31.2 Å². The number of benzene rings is 1. The second-order valence-electron chi connectivity index (χ2n) is 5.24. The van der Waals surface area contributed by atoms with Gasteiger partial charge in [0.1, 0.15) is 5.75 Å². The minimum absolute atomic E-state index is 0.218. The quantitative estimate of drug-likeness (QED) is 0.754. The Hall–Kier alpha value is -1.22. The summed E-state index contributed by atoms with van der Waals surface area (Å²) in [5.74, 6) is 1.69. The average molecular weight is 296 g/mol. The first-order chi connectivity index (χ1) is 9.74. The summed E-state index contributed by atoms with van der Waals surface area (Å²) in [4.78, 5) is 14.5. The fourth-order valence-electron chi connectivity index (χ4n) is 2.84. The Morgan fingerprint density at radius 1 is 1.50 bits per heavy atom. The lowest BCUT2D eigenvalue weighted by molar-refractivity contribution is -0.131. The van der Waals surface area contributed by atoms with E-state index in [0.717, 1.165) is 43.5 Å². The van der Waals surface area contributed by atoms with Gasteiger partial charge in [0.05, 0.1) is 13.5 Å². The van der Waals surface area contributed by atoms with E-state index in [9.17, 15) is 4.79 Å². The Kier molecular flexibility index (Phi) is 5.72. The molecule has 1 atom stereocenters. The number of rotatable bonds is 6. The van der Waals surface area contributed by atoms with Crippen LogP contribution in [0.25, 0.3) is 0 Å². The first kappa shape index (κ1) is 15.2. The maximum absolute atomic E-state index is 12.4. The molecule has 0 spiro atoms. The average Bonchev–Trinajstić information content (AvgIpc) is 2.93. The first-order valence-electron chi connectivity index (χ1n) is 7.23. The highest BCUT2D eigenvalue weighted by molar-refractivity contribution is 6.17. The molecule has 1 amide bonds. The van der Waals surface area contributed by atoms with Gasteiger partial charge < -0.3 is 9.64 Å². The third kappa shape index (κ3) is 3.89. The molecule has 4 heteroatoms. The van der Waals surface area contributed by atoms with Crippen LogP contribution < -0.4 is 4.74 Å². The molecule has 2 rings (SSSR count). The topological polar surface area (TPSA) is 29.5 Å². The number of ether oxygens (including phenoxy) is 1. The van der Waals surface area contributed by atoms with Crippen molar-refractivity contribution >= 4 is 17.5 Å². The Labute approximate surface area is 125 Å². The minimum atomic E-state index is 0.218. The summed E-state index contributed by atoms with van der Waals surface area (Å²) < 4.78 is 5.20. The number of hydrogen-bond acceptors (Lipinski definition) is 2. The molecule has 3 nitrogen and oxygen atoms in total. The molecule has 1 fully saturated rings. The molecule has 110 valence electrons. The molecule has 0 aliphatic carbocycles. The molecule has 0 aromatic heterocycles. The van der Waals surface area contributed by atoms with Crippen LogP contribution >= 0.6 is 11.6 Å². The molecule has 0 bridgehead atoms. The second kappa shape index (κ2) is 7.53. The van der Waals surface area contributed by atoms with E-state index < -0.39 is 0 Å². The predicted octanol–water partition coefficient (Wildman–Crippen LogP) is 3.25. The van der Waals surface area contributed by atoms with Crippen LogP contribution in [0.2, 0.25) is 0 Å². The number of carbonyl (C=O) groups excluding carboxylic acids is 1. The van der Waals surface area contributed by atoms with Crippen molar-refractivity contribution < 1.29 is 9.53 Å². The van der Waals surface area contributed by atoms with Crippen LogP contribution in [-0.4, -0.2) is 36.4 Å². The van der Waals surface area contributed by atoms with Crippen molar-refractivity contribution in [3.8, 4) is 5.75 Å². The third-order valence-electron chi connectivity index (χ3n) is 3.86. The van der Waals surface area contributed by atoms with Gasteiger partial charge in [0.2, 0.25) is 5.91 Å². The molecule has 1 aromatic carbocycles. The van der Waals surface area contributed by atoms with Gasteiger partial charge in [0.25, 0.3) is 0 Å². The molecule has 20 heavy (non-hydrogen) atoms. The van der Waals surface area contributed by atoms with Gasteiger partial charge in [-0.3, -0.25) is 4.79 Å². The van der Waals surface area contributed by atoms with Gasteiger partial charge >= 0.3 is 0 Å². The Bertz CT molecular complexity index is 450. The summed E-state index contributed by atoms with van der Waals surface area (Å²) in [5, 5.41) is 0. The summed E-state index contributed by atoms with van der Waals surface area (Å²) in [7, 11) is 1.64. The van der Waals surface area contributed by atoms with Crippen molar-refractivity contribution in [2.24, 2.45) is 0 Å². The molecule has 1 heterocycles. The number of alkyl halides is 1. The molecular formula is C16H22ClNO2. The zero-order valence-corrected chi connectivity index (χ0v) is 12.7.